The Bertz CT molecular complexity index is 1190. The first kappa shape index (κ1) is 23.6. The molecule has 0 saturated carbocycles. The fourth-order valence-electron chi connectivity index (χ4n) is 4.06. The van der Waals surface area contributed by atoms with Crippen LogP contribution in [0.3, 0.4) is 0 Å². The van der Waals surface area contributed by atoms with Crippen LogP contribution in [0.4, 0.5) is 0 Å². The average molecular weight is 480 g/mol. The van der Waals surface area contributed by atoms with Gasteiger partial charge in [-0.1, -0.05) is 23.7 Å². The third kappa shape index (κ3) is 4.99. The number of aliphatic hydroxyl groups is 1. The zero-order chi connectivity index (χ0) is 24.2. The number of likely N-dealkylation sites (tertiary alicyclic amines) is 1. The Hall–Kier alpha value is -3.58. The number of amides is 1. The largest absolute Gasteiger partial charge is 0.507 e. The van der Waals surface area contributed by atoms with Crippen LogP contribution in [0.5, 0.6) is 5.75 Å². The van der Waals surface area contributed by atoms with E-state index in [1.165, 1.54) is 4.90 Å². The first-order chi connectivity index (χ1) is 16.3. The molecule has 8 heteroatoms. The van der Waals surface area contributed by atoms with Crippen LogP contribution in [0.15, 0.2) is 72.8 Å². The average Bonchev–Trinajstić information content (AvgIpc) is 3.42. The molecule has 0 spiro atoms. The fourth-order valence-corrected chi connectivity index (χ4v) is 4.19. The Labute approximate surface area is 203 Å². The van der Waals surface area contributed by atoms with Crippen molar-refractivity contribution < 1.29 is 19.4 Å². The molecular weight excluding hydrogens is 454 g/mol. The lowest BCUT2D eigenvalue weighted by atomic mass is 9.95. The molecule has 2 heterocycles. The molecule has 0 bridgehead atoms. The Morgan fingerprint density at radius 1 is 1.09 bits per heavy atom. The fraction of sp³-hybridized carbons (Fsp3) is 0.269. The molecule has 1 fully saturated rings. The highest BCUT2D eigenvalue weighted by atomic mass is 35.5. The number of carbonyl (C=O) groups excluding carboxylic acids is 2. The van der Waals surface area contributed by atoms with Gasteiger partial charge in [-0.2, -0.15) is 0 Å². The molecule has 2 aromatic carbocycles. The van der Waals surface area contributed by atoms with Gasteiger partial charge in [-0.05, 0) is 62.2 Å². The van der Waals surface area contributed by atoms with E-state index < -0.39 is 17.7 Å². The molecule has 1 aliphatic rings. The highest BCUT2D eigenvalue weighted by molar-refractivity contribution is 6.46. The minimum Gasteiger partial charge on any atom is -0.507 e. The number of benzene rings is 2. The summed E-state index contributed by atoms with van der Waals surface area (Å²) in [6.07, 6.45) is 5.89. The van der Waals surface area contributed by atoms with Crippen LogP contribution in [-0.4, -0.2) is 43.9 Å². The number of imidazole rings is 1. The summed E-state index contributed by atoms with van der Waals surface area (Å²) in [5, 5.41) is 11.6. The van der Waals surface area contributed by atoms with Crippen molar-refractivity contribution in [2.75, 3.05) is 6.54 Å². The van der Waals surface area contributed by atoms with E-state index in [0.29, 0.717) is 41.4 Å². The van der Waals surface area contributed by atoms with E-state index in [4.69, 9.17) is 16.3 Å². The number of aromatic nitrogens is 2. The molecule has 176 valence electrons. The molecular formula is C26H26ClN3O4. The number of aryl methyl sites for hydroxylation is 1. The molecule has 1 unspecified atom stereocenters. The van der Waals surface area contributed by atoms with Crippen molar-refractivity contribution in [2.45, 2.75) is 39.0 Å². The molecule has 0 aliphatic carbocycles. The molecule has 1 atom stereocenters. The molecule has 1 saturated heterocycles. The third-order valence-electron chi connectivity index (χ3n) is 5.60. The summed E-state index contributed by atoms with van der Waals surface area (Å²) in [4.78, 5) is 31.7. The highest BCUT2D eigenvalue weighted by Gasteiger charge is 2.45. The minimum atomic E-state index is -0.716. The van der Waals surface area contributed by atoms with Crippen LogP contribution in [0.25, 0.3) is 5.76 Å². The van der Waals surface area contributed by atoms with E-state index in [0.717, 1.165) is 0 Å². The Morgan fingerprint density at radius 3 is 2.41 bits per heavy atom. The van der Waals surface area contributed by atoms with Gasteiger partial charge in [-0.15, -0.1) is 0 Å². The second-order valence-corrected chi connectivity index (χ2v) is 8.83. The predicted octanol–water partition coefficient (Wildman–Crippen LogP) is 4.84. The molecule has 0 radical (unpaired) electrons. The monoisotopic (exact) mass is 479 g/mol. The number of nitrogens with zero attached hydrogens (tertiary/aromatic N) is 3. The summed E-state index contributed by atoms with van der Waals surface area (Å²) in [6.45, 7) is 4.87. The van der Waals surface area contributed by atoms with Gasteiger partial charge in [0.15, 0.2) is 0 Å². The first-order valence-electron chi connectivity index (χ1n) is 11.1. The van der Waals surface area contributed by atoms with Gasteiger partial charge >= 0.3 is 0 Å². The smallest absolute Gasteiger partial charge is 0.295 e. The van der Waals surface area contributed by atoms with Gasteiger partial charge in [0.25, 0.3) is 11.7 Å². The summed E-state index contributed by atoms with van der Waals surface area (Å²) in [7, 11) is 0. The van der Waals surface area contributed by atoms with Gasteiger partial charge in [0, 0.05) is 36.1 Å². The van der Waals surface area contributed by atoms with E-state index in [-0.39, 0.29) is 17.4 Å². The Morgan fingerprint density at radius 2 is 1.79 bits per heavy atom. The first-order valence-corrected chi connectivity index (χ1v) is 11.5. The number of ketones is 1. The summed E-state index contributed by atoms with van der Waals surface area (Å²) in [5.41, 5.74) is 1.20. The highest BCUT2D eigenvalue weighted by Crippen LogP contribution is 2.40. The summed E-state index contributed by atoms with van der Waals surface area (Å²) in [6, 6.07) is 13.1. The van der Waals surface area contributed by atoms with Gasteiger partial charge in [-0.25, -0.2) is 4.98 Å². The second-order valence-electron chi connectivity index (χ2n) is 8.39. The zero-order valence-electron chi connectivity index (χ0n) is 19.0. The van der Waals surface area contributed by atoms with Gasteiger partial charge in [0.05, 0.1) is 24.0 Å². The van der Waals surface area contributed by atoms with E-state index in [9.17, 15) is 14.7 Å². The molecule has 7 nitrogen and oxygen atoms in total. The van der Waals surface area contributed by atoms with Gasteiger partial charge < -0.3 is 19.3 Å². The lowest BCUT2D eigenvalue weighted by molar-refractivity contribution is -0.139. The number of Topliss-reactive ketones (excluding diaryl/α,β-unsaturated/α-hetero) is 1. The number of hydrogen-bond acceptors (Lipinski definition) is 5. The van der Waals surface area contributed by atoms with Crippen molar-refractivity contribution >= 4 is 29.1 Å². The van der Waals surface area contributed by atoms with Crippen LogP contribution in [0.2, 0.25) is 5.02 Å². The molecule has 34 heavy (non-hydrogen) atoms. The maximum atomic E-state index is 13.1. The van der Waals surface area contributed by atoms with Crippen molar-refractivity contribution in [3.05, 3.63) is 89.0 Å². The summed E-state index contributed by atoms with van der Waals surface area (Å²) < 4.78 is 7.65. The van der Waals surface area contributed by atoms with Crippen molar-refractivity contribution in [3.8, 4) is 5.75 Å². The topological polar surface area (TPSA) is 84.7 Å². The van der Waals surface area contributed by atoms with Crippen LogP contribution in [0.1, 0.15) is 37.4 Å². The lowest BCUT2D eigenvalue weighted by Gasteiger charge is -2.25. The quantitative estimate of drug-likeness (QED) is 0.284. The number of carbonyl (C=O) groups is 2. The van der Waals surface area contributed by atoms with E-state index in [1.54, 1.807) is 36.8 Å². The number of hydrogen-bond donors (Lipinski definition) is 1. The van der Waals surface area contributed by atoms with E-state index in [2.05, 4.69) is 4.98 Å². The molecule has 1 N–H and O–H groups in total. The van der Waals surface area contributed by atoms with Gasteiger partial charge in [0.1, 0.15) is 11.5 Å². The van der Waals surface area contributed by atoms with Crippen LogP contribution < -0.4 is 4.74 Å². The van der Waals surface area contributed by atoms with Crippen LogP contribution >= 0.6 is 11.6 Å². The van der Waals surface area contributed by atoms with Gasteiger partial charge in [0.2, 0.25) is 0 Å². The summed E-state index contributed by atoms with van der Waals surface area (Å²) >= 11 is 5.98. The van der Waals surface area contributed by atoms with Crippen molar-refractivity contribution in [1.82, 2.24) is 14.5 Å². The predicted molar refractivity (Wildman–Crippen MR) is 130 cm³/mol. The number of halogens is 1. The Kier molecular flexibility index (Phi) is 7.03. The Balaban J connectivity index is 1.71. The van der Waals surface area contributed by atoms with Crippen LogP contribution in [0, 0.1) is 0 Å². The molecule has 1 amide bonds. The second kappa shape index (κ2) is 10.1. The molecule has 4 rings (SSSR count). The van der Waals surface area contributed by atoms with Gasteiger partial charge in [-0.3, -0.25) is 9.59 Å². The lowest BCUT2D eigenvalue weighted by Crippen LogP contribution is -2.31. The number of ether oxygens (including phenoxy) is 1. The van der Waals surface area contributed by atoms with Crippen molar-refractivity contribution in [3.63, 3.8) is 0 Å². The SMILES string of the molecule is CC(C)Oc1ccc(C2/C(=C(\O)c3ccc(Cl)cc3)C(=O)C(=O)N2CCCn2ccnc2)cc1. The normalized spacial score (nSPS) is 17.5. The maximum Gasteiger partial charge on any atom is 0.295 e. The number of rotatable bonds is 8. The zero-order valence-corrected chi connectivity index (χ0v) is 19.8. The molecule has 1 aliphatic heterocycles. The minimum absolute atomic E-state index is 0.0181. The third-order valence-corrected chi connectivity index (χ3v) is 5.85. The van der Waals surface area contributed by atoms with Crippen molar-refractivity contribution in [2.24, 2.45) is 0 Å². The molecule has 3 aromatic rings. The van der Waals surface area contributed by atoms with E-state index in [1.807, 2.05) is 48.9 Å². The van der Waals surface area contributed by atoms with Crippen molar-refractivity contribution in [1.29, 1.82) is 0 Å². The van der Waals surface area contributed by atoms with E-state index >= 15 is 0 Å². The number of aliphatic hydroxyl groups excluding tert-OH is 1. The maximum absolute atomic E-state index is 13.1. The standard InChI is InChI=1S/C26H26ClN3O4/c1-17(2)34-21-10-6-18(7-11-21)23-22(24(31)19-4-8-20(27)9-5-19)25(32)26(33)30(23)14-3-13-29-15-12-28-16-29/h4-12,15-17,23,31H,3,13-14H2,1-2H3/b24-22+. The molecule has 1 aromatic heterocycles. The van der Waals surface area contributed by atoms with Crippen LogP contribution in [-0.2, 0) is 16.1 Å². The summed E-state index contributed by atoms with van der Waals surface area (Å²) in [5.74, 6) is -0.871.